The molecular weight excluding hydrogens is 994 g/mol. The molecule has 0 spiro atoms. The summed E-state index contributed by atoms with van der Waals surface area (Å²) in [6.07, 6.45) is 10.9. The van der Waals surface area contributed by atoms with Crippen molar-refractivity contribution in [1.82, 2.24) is 37.4 Å². The van der Waals surface area contributed by atoms with Crippen LogP contribution in [0.3, 0.4) is 0 Å². The van der Waals surface area contributed by atoms with E-state index in [1.807, 2.05) is 24.3 Å². The zero-order chi connectivity index (χ0) is 47.8. The maximum absolute atomic E-state index is 14.2. The number of hydrogen-bond acceptors (Lipinski definition) is 16. The Kier molecular flexibility index (Phi) is 22.8. The van der Waals surface area contributed by atoms with E-state index >= 15 is 0 Å². The number of phosphoric ester groups is 2. The average Bonchev–Trinajstić information content (AvgIpc) is 3.77. The third kappa shape index (κ3) is 12.6. The van der Waals surface area contributed by atoms with E-state index in [0.717, 1.165) is 9.13 Å². The Morgan fingerprint density at radius 2 is 0.957 bits per heavy atom. The first-order valence-electron chi connectivity index (χ1n) is 20.2. The standard InChI is InChI=1S/C42H46N8O14P2.4Na/c1-7-17-49-39(51)33-37(47(41(49)53)19-11-21-63-65(55,56)57)43-35(45(33)3)31-29(25-13-9-15-27(23-25)61-5)32(30(31)26-14-10-16-28(24-26)62-6)36-44-38-34(46(36)4)40(52)50(18-8-2)42(54)48(38)20-12-22-64-66(58,59)60;;;;/h1-2,9-10,13-16,23-24,29-32H,11-12,17-22H2,3-6H3,(H2,55,56,57)(H2,58,59,60);;;;/q;4*+1/p-4. The first kappa shape index (κ1) is 62.0. The fourth-order valence-corrected chi connectivity index (χ4v) is 9.64. The summed E-state index contributed by atoms with van der Waals surface area (Å²) in [6.45, 7) is -2.36. The number of nitrogens with zero attached hydrogens (tertiary/aromatic N) is 8. The van der Waals surface area contributed by atoms with Crippen LogP contribution in [0.15, 0.2) is 67.7 Å². The van der Waals surface area contributed by atoms with Crippen molar-refractivity contribution in [3.05, 3.63) is 113 Å². The van der Waals surface area contributed by atoms with Crippen LogP contribution in [0.2, 0.25) is 0 Å². The van der Waals surface area contributed by atoms with Crippen LogP contribution in [-0.4, -0.2) is 64.8 Å². The van der Waals surface area contributed by atoms with Crippen LogP contribution >= 0.6 is 15.6 Å². The van der Waals surface area contributed by atoms with Gasteiger partial charge in [-0.15, -0.1) is 12.8 Å². The maximum atomic E-state index is 14.2. The van der Waals surface area contributed by atoms with E-state index < -0.39 is 88.1 Å². The topological polar surface area (TPSA) is 287 Å². The van der Waals surface area contributed by atoms with Gasteiger partial charge in [-0.05, 0) is 48.2 Å². The van der Waals surface area contributed by atoms with Gasteiger partial charge in [-0.3, -0.25) is 18.7 Å². The largest absolute Gasteiger partial charge is 1.00 e. The van der Waals surface area contributed by atoms with E-state index in [1.165, 1.54) is 23.4 Å². The molecule has 0 N–H and O–H groups in total. The summed E-state index contributed by atoms with van der Waals surface area (Å²) in [7, 11) is -4.45. The molecule has 0 aliphatic heterocycles. The van der Waals surface area contributed by atoms with Crippen molar-refractivity contribution in [3.8, 4) is 36.2 Å². The van der Waals surface area contributed by atoms with E-state index in [1.54, 1.807) is 47.5 Å². The number of hydrogen-bond donors (Lipinski definition) is 0. The minimum atomic E-state index is -5.34. The summed E-state index contributed by atoms with van der Waals surface area (Å²) < 4.78 is 49.7. The second-order valence-electron chi connectivity index (χ2n) is 15.4. The van der Waals surface area contributed by atoms with Crippen molar-refractivity contribution < 1.29 is 165 Å². The Balaban J connectivity index is 0.00000324. The van der Waals surface area contributed by atoms with Crippen LogP contribution in [0.1, 0.15) is 59.3 Å². The third-order valence-electron chi connectivity index (χ3n) is 11.7. The summed E-state index contributed by atoms with van der Waals surface area (Å²) in [5.41, 5.74) is -1.83. The zero-order valence-electron chi connectivity index (χ0n) is 39.9. The second kappa shape index (κ2) is 25.8. The van der Waals surface area contributed by atoms with Gasteiger partial charge < -0.3 is 56.4 Å². The Morgan fingerprint density at radius 1 is 0.600 bits per heavy atom. The molecule has 0 saturated heterocycles. The molecule has 0 radical (unpaired) electrons. The molecular formula is C42H42N8Na4O14P2. The molecule has 0 unspecified atom stereocenters. The smallest absolute Gasteiger partial charge is 0.790 e. The first-order chi connectivity index (χ1) is 31.3. The molecule has 22 nitrogen and oxygen atoms in total. The minimum absolute atomic E-state index is 0. The predicted molar refractivity (Wildman–Crippen MR) is 229 cm³/mol. The van der Waals surface area contributed by atoms with Crippen molar-refractivity contribution in [3.63, 3.8) is 0 Å². The zero-order valence-corrected chi connectivity index (χ0v) is 49.7. The molecule has 4 aromatic heterocycles. The Hall–Kier alpha value is -2.32. The molecule has 2 aromatic carbocycles. The van der Waals surface area contributed by atoms with Gasteiger partial charge in [0.1, 0.15) is 23.1 Å². The molecule has 0 amide bonds. The molecule has 1 aliphatic rings. The van der Waals surface area contributed by atoms with Crippen molar-refractivity contribution >= 4 is 38.0 Å². The number of imidazole rings is 2. The minimum Gasteiger partial charge on any atom is -0.790 e. The van der Waals surface area contributed by atoms with E-state index in [2.05, 4.69) is 20.9 Å². The fourth-order valence-electron chi connectivity index (χ4n) is 8.93. The number of terminal acetylenes is 2. The number of phosphoric acid groups is 2. The van der Waals surface area contributed by atoms with Gasteiger partial charge >= 0.3 is 130 Å². The summed E-state index contributed by atoms with van der Waals surface area (Å²) in [4.78, 5) is 111. The molecule has 7 rings (SSSR count). The van der Waals surface area contributed by atoms with E-state index in [9.17, 15) is 47.9 Å². The van der Waals surface area contributed by atoms with Gasteiger partial charge in [-0.2, -0.15) is 0 Å². The second-order valence-corrected chi connectivity index (χ2v) is 17.7. The fraction of sp³-hybridized carbons (Fsp3) is 0.381. The van der Waals surface area contributed by atoms with Gasteiger partial charge in [0.05, 0.1) is 56.2 Å². The molecule has 1 fully saturated rings. The Morgan fingerprint density at radius 3 is 1.27 bits per heavy atom. The van der Waals surface area contributed by atoms with Crippen molar-refractivity contribution in [2.24, 2.45) is 14.1 Å². The third-order valence-corrected chi connectivity index (χ3v) is 12.7. The summed E-state index contributed by atoms with van der Waals surface area (Å²) in [5.74, 6) is 3.72. The van der Waals surface area contributed by atoms with E-state index in [0.29, 0.717) is 34.3 Å². The normalized spacial score (nSPS) is 16.4. The molecule has 6 aromatic rings. The van der Waals surface area contributed by atoms with Crippen molar-refractivity contribution in [1.29, 1.82) is 0 Å². The van der Waals surface area contributed by atoms with Crippen molar-refractivity contribution in [2.45, 2.75) is 62.7 Å². The number of methoxy groups -OCH3 is 2. The number of aromatic nitrogens is 8. The molecule has 348 valence electrons. The summed E-state index contributed by atoms with van der Waals surface area (Å²) >= 11 is 0. The number of aryl methyl sites for hydroxylation is 4. The number of fused-ring (bicyclic) bond motifs is 2. The Labute approximate surface area is 488 Å². The van der Waals surface area contributed by atoms with Crippen LogP contribution in [0, 0.1) is 24.7 Å². The van der Waals surface area contributed by atoms with Crippen LogP contribution in [0.4, 0.5) is 0 Å². The summed E-state index contributed by atoms with van der Waals surface area (Å²) in [6, 6.07) is 14.4. The van der Waals surface area contributed by atoms with Gasteiger partial charge in [-0.25, -0.2) is 28.7 Å². The first-order valence-corrected chi connectivity index (χ1v) is 23.2. The van der Waals surface area contributed by atoms with Gasteiger partial charge in [0.25, 0.3) is 11.1 Å². The van der Waals surface area contributed by atoms with Gasteiger partial charge in [0.15, 0.2) is 22.3 Å². The summed E-state index contributed by atoms with van der Waals surface area (Å²) in [5, 5.41) is 0. The average molecular weight is 1040 g/mol. The van der Waals surface area contributed by atoms with Crippen molar-refractivity contribution in [2.75, 3.05) is 27.4 Å². The van der Waals surface area contributed by atoms with Gasteiger partial charge in [0.2, 0.25) is 0 Å². The molecule has 70 heavy (non-hydrogen) atoms. The van der Waals surface area contributed by atoms with Crippen LogP contribution in [0.25, 0.3) is 22.3 Å². The van der Waals surface area contributed by atoms with E-state index in [4.69, 9.17) is 32.3 Å². The molecule has 28 heteroatoms. The quantitative estimate of drug-likeness (QED) is 0.0334. The monoisotopic (exact) mass is 1040 g/mol. The Bertz CT molecular complexity index is 3080. The molecule has 1 aliphatic carbocycles. The van der Waals surface area contributed by atoms with E-state index in [-0.39, 0.29) is 166 Å². The number of benzene rings is 2. The SMILES string of the molecule is C#CCn1c(=O)c2c(nc(C3C(c4cccc(OC)c4)C(c4nc5c(c(=O)n(CC#C)c(=O)n5CCCOP(=O)([O-])[O-])n4C)C3c3cccc(OC)c3)n2C)n(CCCOP(=O)([O-])[O-])c1=O.[Na+].[Na+].[Na+].[Na+]. The molecule has 4 heterocycles. The van der Waals surface area contributed by atoms with Crippen LogP contribution in [0.5, 0.6) is 11.5 Å². The van der Waals surface area contributed by atoms with Gasteiger partial charge in [-0.1, -0.05) is 36.1 Å². The molecule has 0 bridgehead atoms. The van der Waals surface area contributed by atoms with Crippen LogP contribution < -0.4 is 170 Å². The predicted octanol–water partition coefficient (Wildman–Crippen LogP) is -12.7. The van der Waals surface area contributed by atoms with Crippen LogP contribution in [-0.2, 0) is 58.5 Å². The maximum Gasteiger partial charge on any atom is 1.00 e. The number of ether oxygens (including phenoxy) is 2. The molecule has 0 atom stereocenters. The molecule has 1 saturated carbocycles. The van der Waals surface area contributed by atoms with Gasteiger partial charge in [0, 0.05) is 50.9 Å². The number of rotatable bonds is 18.